The summed E-state index contributed by atoms with van der Waals surface area (Å²) in [5.41, 5.74) is 3.47. The van der Waals surface area contributed by atoms with E-state index in [2.05, 4.69) is 36.1 Å². The molecule has 3 rings (SSSR count). The van der Waals surface area contributed by atoms with Gasteiger partial charge in [-0.05, 0) is 28.1 Å². The molecule has 0 bridgehead atoms. The van der Waals surface area contributed by atoms with E-state index in [0.29, 0.717) is 0 Å². The van der Waals surface area contributed by atoms with Gasteiger partial charge in [0.2, 0.25) is 0 Å². The fraction of sp³-hybridized carbons (Fsp3) is 0. The molecule has 0 aliphatic rings. The molecule has 0 amide bonds. The quantitative estimate of drug-likeness (QED) is 0.723. The van der Waals surface area contributed by atoms with Crippen molar-refractivity contribution >= 4 is 50.1 Å². The number of rotatable bonds is 2. The average molecular weight is 325 g/mol. The molecule has 0 fully saturated rings. The van der Waals surface area contributed by atoms with Gasteiger partial charge in [-0.3, -0.25) is 9.97 Å². The van der Waals surface area contributed by atoms with Gasteiger partial charge in [-0.1, -0.05) is 23.1 Å². The summed E-state index contributed by atoms with van der Waals surface area (Å²) in [5.74, 6) is 0. The highest BCUT2D eigenvalue weighted by molar-refractivity contribution is 9.10. The third kappa shape index (κ3) is 2.31. The molecule has 0 aliphatic heterocycles. The summed E-state index contributed by atoms with van der Waals surface area (Å²) in [5, 5.41) is 7.83. The molecule has 17 heavy (non-hydrogen) atoms. The van der Waals surface area contributed by atoms with Gasteiger partial charge in [-0.2, -0.15) is 0 Å². The molecule has 3 aromatic rings. The van der Waals surface area contributed by atoms with Crippen LogP contribution in [0.25, 0.3) is 11.0 Å². The van der Waals surface area contributed by atoms with Crippen LogP contribution in [0.2, 0.25) is 0 Å². The van der Waals surface area contributed by atoms with Gasteiger partial charge < -0.3 is 0 Å². The smallest absolute Gasteiger partial charge is 0.178 e. The minimum atomic E-state index is 0.869. The maximum Gasteiger partial charge on any atom is 0.178 e. The zero-order valence-electron chi connectivity index (χ0n) is 8.37. The van der Waals surface area contributed by atoms with E-state index < -0.39 is 0 Å². The summed E-state index contributed by atoms with van der Waals surface area (Å²) < 4.78 is 1.83. The highest BCUT2D eigenvalue weighted by Gasteiger charge is 2.07. The van der Waals surface area contributed by atoms with Gasteiger partial charge in [0, 0.05) is 21.8 Å². The Bertz CT molecular complexity index is 656. The van der Waals surface area contributed by atoms with E-state index in [-0.39, 0.29) is 0 Å². The van der Waals surface area contributed by atoms with E-state index in [1.165, 1.54) is 11.3 Å². The van der Waals surface area contributed by atoms with Gasteiger partial charge in [0.25, 0.3) is 0 Å². The van der Waals surface area contributed by atoms with Crippen molar-refractivity contribution in [3.05, 3.63) is 34.5 Å². The van der Waals surface area contributed by atoms with Crippen molar-refractivity contribution in [1.82, 2.24) is 20.2 Å². The predicted octanol–water partition coefficient (Wildman–Crippen LogP) is 3.40. The zero-order chi connectivity index (χ0) is 11.7. The van der Waals surface area contributed by atoms with Crippen LogP contribution in [-0.4, -0.2) is 20.2 Å². The molecule has 4 nitrogen and oxygen atoms in total. The van der Waals surface area contributed by atoms with Crippen LogP contribution < -0.4 is 0 Å². The molecular formula is C10H5BrN4S2. The predicted molar refractivity (Wildman–Crippen MR) is 71.3 cm³/mol. The Balaban J connectivity index is 2.10. The zero-order valence-corrected chi connectivity index (χ0v) is 11.6. The first-order valence-corrected chi connectivity index (χ1v) is 7.16. The summed E-state index contributed by atoms with van der Waals surface area (Å²) in [4.78, 5) is 9.72. The van der Waals surface area contributed by atoms with Crippen LogP contribution in [0.5, 0.6) is 0 Å². The van der Waals surface area contributed by atoms with Crippen molar-refractivity contribution in [2.45, 2.75) is 9.24 Å². The molecule has 0 aromatic carbocycles. The maximum atomic E-state index is 4.39. The third-order valence-electron chi connectivity index (χ3n) is 2.04. The van der Waals surface area contributed by atoms with E-state index in [1.54, 1.807) is 29.7 Å². The summed E-state index contributed by atoms with van der Waals surface area (Å²) in [7, 11) is 0. The Kier molecular flexibility index (Phi) is 3.04. The van der Waals surface area contributed by atoms with Crippen LogP contribution in [0, 0.1) is 0 Å². The monoisotopic (exact) mass is 324 g/mol. The Labute approximate surface area is 114 Å². The summed E-state index contributed by atoms with van der Waals surface area (Å²) >= 11 is 6.46. The van der Waals surface area contributed by atoms with E-state index >= 15 is 0 Å². The first-order chi connectivity index (χ1) is 8.33. The molecule has 0 N–H and O–H groups in total. The number of hydrogen-bond donors (Lipinski definition) is 0. The summed E-state index contributed by atoms with van der Waals surface area (Å²) in [6.07, 6.45) is 3.55. The van der Waals surface area contributed by atoms with E-state index in [9.17, 15) is 0 Å². The molecular weight excluding hydrogens is 320 g/mol. The van der Waals surface area contributed by atoms with Crippen molar-refractivity contribution in [3.63, 3.8) is 0 Å². The largest absolute Gasteiger partial charge is 0.254 e. The summed E-state index contributed by atoms with van der Waals surface area (Å²) in [6, 6.07) is 3.89. The Morgan fingerprint density at radius 3 is 3.06 bits per heavy atom. The first-order valence-electron chi connectivity index (χ1n) is 4.67. The normalized spacial score (nSPS) is 10.9. The van der Waals surface area contributed by atoms with Crippen LogP contribution in [0.1, 0.15) is 0 Å². The number of fused-ring (bicyclic) bond motifs is 1. The SMILES string of the molecule is Brc1cnc2c(Sc3nncs3)ccnc2c1. The van der Waals surface area contributed by atoms with E-state index in [0.717, 1.165) is 24.7 Å². The molecule has 3 aromatic heterocycles. The molecule has 7 heteroatoms. The van der Waals surface area contributed by atoms with Crippen molar-refractivity contribution in [3.8, 4) is 0 Å². The minimum absolute atomic E-state index is 0.869. The lowest BCUT2D eigenvalue weighted by atomic mass is 10.3. The molecule has 0 saturated heterocycles. The number of pyridine rings is 2. The molecule has 0 unspecified atom stereocenters. The van der Waals surface area contributed by atoms with Gasteiger partial charge in [-0.25, -0.2) is 0 Å². The second kappa shape index (κ2) is 4.67. The van der Waals surface area contributed by atoms with Crippen molar-refractivity contribution in [2.24, 2.45) is 0 Å². The Morgan fingerprint density at radius 1 is 1.29 bits per heavy atom. The lowest BCUT2D eigenvalue weighted by molar-refractivity contribution is 1.01. The van der Waals surface area contributed by atoms with Gasteiger partial charge in [-0.15, -0.1) is 10.2 Å². The van der Waals surface area contributed by atoms with Gasteiger partial charge in [0.05, 0.1) is 5.52 Å². The molecule has 0 aliphatic carbocycles. The molecule has 0 spiro atoms. The Morgan fingerprint density at radius 2 is 2.24 bits per heavy atom. The van der Waals surface area contributed by atoms with Crippen LogP contribution in [0.15, 0.2) is 43.7 Å². The lowest BCUT2D eigenvalue weighted by Gasteiger charge is -2.02. The van der Waals surface area contributed by atoms with Crippen molar-refractivity contribution in [2.75, 3.05) is 0 Å². The van der Waals surface area contributed by atoms with Crippen molar-refractivity contribution < 1.29 is 0 Å². The standard InChI is InChI=1S/C10H5BrN4S2/c11-6-3-7-9(13-4-6)8(1-2-12-7)17-10-15-14-5-16-10/h1-5H. The van der Waals surface area contributed by atoms with E-state index in [4.69, 9.17) is 0 Å². The fourth-order valence-electron chi connectivity index (χ4n) is 1.36. The van der Waals surface area contributed by atoms with E-state index in [1.807, 2.05) is 12.1 Å². The highest BCUT2D eigenvalue weighted by Crippen LogP contribution is 2.32. The molecule has 84 valence electrons. The van der Waals surface area contributed by atoms with Gasteiger partial charge >= 0.3 is 0 Å². The number of halogens is 1. The van der Waals surface area contributed by atoms with Crippen LogP contribution >= 0.6 is 39.0 Å². The second-order valence-electron chi connectivity index (χ2n) is 3.14. The Hall–Kier alpha value is -1.05. The molecule has 0 saturated carbocycles. The van der Waals surface area contributed by atoms with Crippen LogP contribution in [-0.2, 0) is 0 Å². The fourth-order valence-corrected chi connectivity index (χ4v) is 3.21. The van der Waals surface area contributed by atoms with Crippen LogP contribution in [0.4, 0.5) is 0 Å². The molecule has 0 radical (unpaired) electrons. The second-order valence-corrected chi connectivity index (χ2v) is 6.18. The average Bonchev–Trinajstić information content (AvgIpc) is 2.82. The third-order valence-corrected chi connectivity index (χ3v) is 4.31. The topological polar surface area (TPSA) is 51.6 Å². The number of aromatic nitrogens is 4. The number of hydrogen-bond acceptors (Lipinski definition) is 6. The summed E-state index contributed by atoms with van der Waals surface area (Å²) in [6.45, 7) is 0. The van der Waals surface area contributed by atoms with Crippen LogP contribution in [0.3, 0.4) is 0 Å². The molecule has 0 atom stereocenters. The van der Waals surface area contributed by atoms with Crippen molar-refractivity contribution in [1.29, 1.82) is 0 Å². The highest BCUT2D eigenvalue weighted by atomic mass is 79.9. The van der Waals surface area contributed by atoms with Gasteiger partial charge in [0.15, 0.2) is 4.34 Å². The maximum absolute atomic E-state index is 4.39. The number of nitrogens with zero attached hydrogens (tertiary/aromatic N) is 4. The minimum Gasteiger partial charge on any atom is -0.254 e. The lowest BCUT2D eigenvalue weighted by Crippen LogP contribution is -1.85. The molecule has 3 heterocycles. The first kappa shape index (κ1) is 11.1. The van der Waals surface area contributed by atoms with Gasteiger partial charge in [0.1, 0.15) is 11.0 Å².